The van der Waals surface area contributed by atoms with Gasteiger partial charge in [-0.05, 0) is 6.42 Å². The van der Waals surface area contributed by atoms with Gasteiger partial charge in [-0.2, -0.15) is 8.42 Å². The normalized spacial score (nSPS) is 11.3. The Morgan fingerprint density at radius 1 is 0.731 bits per heavy atom. The summed E-state index contributed by atoms with van der Waals surface area (Å²) in [6, 6.07) is 0. The molecule has 0 bridgehead atoms. The maximum atomic E-state index is 11.5. The van der Waals surface area contributed by atoms with Gasteiger partial charge >= 0.3 is 11.9 Å². The zero-order chi connectivity index (χ0) is 19.7. The third kappa shape index (κ3) is 19.2. The monoisotopic (exact) mass is 394 g/mol. The lowest BCUT2D eigenvalue weighted by Crippen LogP contribution is -2.15. The zero-order valence-corrected chi connectivity index (χ0v) is 16.7. The molecule has 0 rings (SSSR count). The van der Waals surface area contributed by atoms with Crippen LogP contribution in [0, 0.1) is 0 Å². The molecule has 0 saturated heterocycles. The van der Waals surface area contributed by atoms with Gasteiger partial charge in [-0.25, -0.2) is 0 Å². The minimum absolute atomic E-state index is 0.0601. The van der Waals surface area contributed by atoms with Crippen molar-refractivity contribution in [1.29, 1.82) is 0 Å². The van der Waals surface area contributed by atoms with Crippen molar-refractivity contribution in [2.24, 2.45) is 0 Å². The van der Waals surface area contributed by atoms with Crippen LogP contribution in [0.15, 0.2) is 0 Å². The molecule has 0 atom stereocenters. The van der Waals surface area contributed by atoms with Gasteiger partial charge in [-0.3, -0.25) is 14.1 Å². The number of ether oxygens (including phenoxy) is 2. The van der Waals surface area contributed by atoms with Gasteiger partial charge in [-0.15, -0.1) is 0 Å². The molecule has 0 aromatic rings. The summed E-state index contributed by atoms with van der Waals surface area (Å²) in [7, 11) is -4.18. The number of hydrogen-bond donors (Lipinski definition) is 1. The van der Waals surface area contributed by atoms with Crippen LogP contribution in [0.3, 0.4) is 0 Å². The summed E-state index contributed by atoms with van der Waals surface area (Å²) in [5.74, 6) is -1.90. The van der Waals surface area contributed by atoms with E-state index in [-0.39, 0.29) is 13.0 Å². The van der Waals surface area contributed by atoms with Crippen molar-refractivity contribution >= 4 is 22.1 Å². The minimum Gasteiger partial charge on any atom is -0.466 e. The summed E-state index contributed by atoms with van der Waals surface area (Å²) in [5.41, 5.74) is 0. The second-order valence-corrected chi connectivity index (χ2v) is 7.98. The number of carbonyl (C=O) groups is 2. The summed E-state index contributed by atoms with van der Waals surface area (Å²) < 4.78 is 39.2. The molecule has 0 aromatic heterocycles. The Balaban J connectivity index is 3.38. The molecule has 1 N–H and O–H groups in total. The maximum Gasteiger partial charge on any atom is 0.309 e. The Morgan fingerprint density at radius 3 is 1.73 bits per heavy atom. The van der Waals surface area contributed by atoms with Crippen molar-refractivity contribution in [3.05, 3.63) is 0 Å². The van der Waals surface area contributed by atoms with Crippen molar-refractivity contribution in [2.75, 3.05) is 19.0 Å². The highest BCUT2D eigenvalue weighted by molar-refractivity contribution is 7.85. The quantitative estimate of drug-likeness (QED) is 0.228. The van der Waals surface area contributed by atoms with E-state index in [9.17, 15) is 18.0 Å². The molecule has 0 saturated carbocycles. The number of carbonyl (C=O) groups excluding carboxylic acids is 2. The molecular formula is C18H34O7S. The molecule has 0 spiro atoms. The van der Waals surface area contributed by atoms with Gasteiger partial charge in [0.05, 0.1) is 25.2 Å². The first-order valence-corrected chi connectivity index (χ1v) is 11.2. The van der Waals surface area contributed by atoms with E-state index < -0.39 is 34.2 Å². The van der Waals surface area contributed by atoms with Crippen molar-refractivity contribution in [1.82, 2.24) is 0 Å². The van der Waals surface area contributed by atoms with Gasteiger partial charge < -0.3 is 9.47 Å². The van der Waals surface area contributed by atoms with Gasteiger partial charge in [-0.1, -0.05) is 64.7 Å². The highest BCUT2D eigenvalue weighted by atomic mass is 32.2. The molecule has 7 nitrogen and oxygen atoms in total. The van der Waals surface area contributed by atoms with Gasteiger partial charge in [0.25, 0.3) is 10.1 Å². The van der Waals surface area contributed by atoms with Gasteiger partial charge in [0.2, 0.25) is 0 Å². The van der Waals surface area contributed by atoms with Crippen LogP contribution in [0.5, 0.6) is 0 Å². The first kappa shape index (κ1) is 24.8. The number of rotatable bonds is 17. The van der Waals surface area contributed by atoms with Gasteiger partial charge in [0.15, 0.2) is 0 Å². The Hall–Kier alpha value is -1.15. The van der Waals surface area contributed by atoms with E-state index in [1.165, 1.54) is 44.9 Å². The molecule has 0 aromatic carbocycles. The third-order valence-corrected chi connectivity index (χ3v) is 4.61. The largest absolute Gasteiger partial charge is 0.466 e. The smallest absolute Gasteiger partial charge is 0.309 e. The standard InChI is InChI=1S/C18H34O7S/c1-2-3-4-5-6-7-8-9-10-11-14-24-17(19)12-15-25-18(20)13-16-26(21,22)23/h2-16H2,1H3,(H,21,22,23). The molecule has 0 aliphatic heterocycles. The fourth-order valence-electron chi connectivity index (χ4n) is 2.38. The second kappa shape index (κ2) is 16.1. The Morgan fingerprint density at radius 2 is 1.19 bits per heavy atom. The van der Waals surface area contributed by atoms with Crippen LogP contribution in [0.2, 0.25) is 0 Å². The van der Waals surface area contributed by atoms with E-state index in [1.54, 1.807) is 0 Å². The SMILES string of the molecule is CCCCCCCCCCCCOC(=O)CCOC(=O)CCS(=O)(=O)O. The van der Waals surface area contributed by atoms with E-state index in [2.05, 4.69) is 6.92 Å². The van der Waals surface area contributed by atoms with Gasteiger partial charge in [0, 0.05) is 0 Å². The molecule has 154 valence electrons. The third-order valence-electron chi connectivity index (χ3n) is 3.89. The number of unbranched alkanes of at least 4 members (excludes halogenated alkanes) is 9. The average Bonchev–Trinajstić information content (AvgIpc) is 2.57. The van der Waals surface area contributed by atoms with Crippen LogP contribution in [0.4, 0.5) is 0 Å². The maximum absolute atomic E-state index is 11.5. The van der Waals surface area contributed by atoms with Crippen LogP contribution < -0.4 is 0 Å². The molecule has 0 aliphatic rings. The molecule has 0 amide bonds. The predicted molar refractivity (Wildman–Crippen MR) is 99.4 cm³/mol. The Bertz CT molecular complexity index is 474. The lowest BCUT2D eigenvalue weighted by atomic mass is 10.1. The molecule has 26 heavy (non-hydrogen) atoms. The van der Waals surface area contributed by atoms with Crippen molar-refractivity contribution in [3.63, 3.8) is 0 Å². The number of hydrogen-bond acceptors (Lipinski definition) is 6. The fourth-order valence-corrected chi connectivity index (χ4v) is 2.80. The highest BCUT2D eigenvalue weighted by Gasteiger charge is 2.11. The van der Waals surface area contributed by atoms with Crippen molar-refractivity contribution in [2.45, 2.75) is 84.0 Å². The molecular weight excluding hydrogens is 360 g/mol. The summed E-state index contributed by atoms with van der Waals surface area (Å²) in [6.45, 7) is 2.43. The van der Waals surface area contributed by atoms with Gasteiger partial charge in [0.1, 0.15) is 6.61 Å². The first-order chi connectivity index (χ1) is 12.3. The van der Waals surface area contributed by atoms with E-state index in [0.29, 0.717) is 6.61 Å². The summed E-state index contributed by atoms with van der Waals surface area (Å²) in [6.07, 6.45) is 11.6. The van der Waals surface area contributed by atoms with E-state index in [1.807, 2.05) is 0 Å². The van der Waals surface area contributed by atoms with Crippen LogP contribution in [-0.4, -0.2) is 43.9 Å². The van der Waals surface area contributed by atoms with Crippen LogP contribution in [0.25, 0.3) is 0 Å². The fraction of sp³-hybridized carbons (Fsp3) is 0.889. The van der Waals surface area contributed by atoms with Crippen molar-refractivity contribution < 1.29 is 32.0 Å². The van der Waals surface area contributed by atoms with Crippen LogP contribution in [0.1, 0.15) is 84.0 Å². The van der Waals surface area contributed by atoms with E-state index in [4.69, 9.17) is 14.0 Å². The minimum atomic E-state index is -4.18. The van der Waals surface area contributed by atoms with E-state index in [0.717, 1.165) is 19.3 Å². The Labute approximate surface area is 157 Å². The molecule has 0 aliphatic carbocycles. The van der Waals surface area contributed by atoms with Crippen LogP contribution in [-0.2, 0) is 29.2 Å². The highest BCUT2D eigenvalue weighted by Crippen LogP contribution is 2.10. The van der Waals surface area contributed by atoms with E-state index >= 15 is 0 Å². The van der Waals surface area contributed by atoms with Crippen LogP contribution >= 0.6 is 0 Å². The summed E-state index contributed by atoms with van der Waals surface area (Å²) >= 11 is 0. The second-order valence-electron chi connectivity index (χ2n) is 6.41. The number of esters is 2. The molecule has 8 heteroatoms. The van der Waals surface area contributed by atoms with Crippen molar-refractivity contribution in [3.8, 4) is 0 Å². The lowest BCUT2D eigenvalue weighted by molar-refractivity contribution is -0.149. The lowest BCUT2D eigenvalue weighted by Gasteiger charge is -2.06. The predicted octanol–water partition coefficient (Wildman–Crippen LogP) is 3.66. The Kier molecular flexibility index (Phi) is 15.3. The molecule has 0 heterocycles. The topological polar surface area (TPSA) is 107 Å². The molecule has 0 radical (unpaired) electrons. The zero-order valence-electron chi connectivity index (χ0n) is 15.9. The molecule has 0 unspecified atom stereocenters. The first-order valence-electron chi connectivity index (χ1n) is 9.61. The summed E-state index contributed by atoms with van der Waals surface area (Å²) in [5, 5.41) is 0. The average molecular weight is 395 g/mol. The summed E-state index contributed by atoms with van der Waals surface area (Å²) in [4.78, 5) is 22.6. The molecule has 0 fully saturated rings.